The molecule has 0 spiro atoms. The second-order valence-electron chi connectivity index (χ2n) is 11.0. The molecule has 5 aromatic heterocycles. The number of H-pyrrole nitrogens is 1. The average Bonchev–Trinajstić information content (AvgIpc) is 3.47. The first kappa shape index (κ1) is 25.2. The van der Waals surface area contributed by atoms with E-state index in [0.29, 0.717) is 29.3 Å². The molecule has 1 unspecified atom stereocenters. The summed E-state index contributed by atoms with van der Waals surface area (Å²) in [4.78, 5) is 35.8. The van der Waals surface area contributed by atoms with Crippen LogP contribution in [-0.2, 0) is 11.3 Å². The maximum absolute atomic E-state index is 13.8. The first-order valence-corrected chi connectivity index (χ1v) is 15.0. The van der Waals surface area contributed by atoms with E-state index in [-0.39, 0.29) is 23.1 Å². The van der Waals surface area contributed by atoms with Gasteiger partial charge in [0.1, 0.15) is 23.2 Å². The van der Waals surface area contributed by atoms with E-state index < -0.39 is 0 Å². The minimum atomic E-state index is -0.259. The zero-order chi connectivity index (χ0) is 28.2. The van der Waals surface area contributed by atoms with Crippen LogP contribution in [0.1, 0.15) is 49.1 Å². The minimum absolute atomic E-state index is 0.0491. The van der Waals surface area contributed by atoms with Gasteiger partial charge in [-0.1, -0.05) is 19.3 Å². The fourth-order valence-electron chi connectivity index (χ4n) is 6.04. The maximum Gasteiger partial charge on any atom is 0.227 e. The molecule has 11 heteroatoms. The highest BCUT2D eigenvalue weighted by molar-refractivity contribution is 7.13. The van der Waals surface area contributed by atoms with E-state index in [1.54, 1.807) is 24.7 Å². The number of anilines is 1. The lowest BCUT2D eigenvalue weighted by Crippen LogP contribution is -2.24. The van der Waals surface area contributed by atoms with Crippen LogP contribution >= 0.6 is 11.3 Å². The largest absolute Gasteiger partial charge is 0.365 e. The summed E-state index contributed by atoms with van der Waals surface area (Å²) in [7, 11) is 0. The van der Waals surface area contributed by atoms with Crippen molar-refractivity contribution < 1.29 is 9.18 Å². The van der Waals surface area contributed by atoms with Gasteiger partial charge in [0.05, 0.1) is 33.7 Å². The number of halogens is 1. The lowest BCUT2D eigenvalue weighted by atomic mass is 9.88. The second-order valence-corrected chi connectivity index (χ2v) is 12.0. The topological polar surface area (TPSA) is 130 Å². The van der Waals surface area contributed by atoms with E-state index in [2.05, 4.69) is 37.0 Å². The summed E-state index contributed by atoms with van der Waals surface area (Å²) in [6, 6.07) is 9.06. The van der Waals surface area contributed by atoms with Crippen molar-refractivity contribution in [2.24, 2.45) is 5.92 Å². The van der Waals surface area contributed by atoms with Crippen molar-refractivity contribution in [1.29, 1.82) is 0 Å². The lowest BCUT2D eigenvalue weighted by Gasteiger charge is -2.20. The van der Waals surface area contributed by atoms with Gasteiger partial charge in [0.25, 0.3) is 0 Å². The van der Waals surface area contributed by atoms with Crippen molar-refractivity contribution in [3.63, 3.8) is 0 Å². The van der Waals surface area contributed by atoms with Crippen molar-refractivity contribution in [2.75, 3.05) is 5.32 Å². The smallest absolute Gasteiger partial charge is 0.227 e. The predicted molar refractivity (Wildman–Crippen MR) is 160 cm³/mol. The number of fused-ring (bicyclic) bond motifs is 3. The molecule has 210 valence electrons. The monoisotopic (exact) mass is 578 g/mol. The molecule has 3 aliphatic rings. The van der Waals surface area contributed by atoms with E-state index in [4.69, 9.17) is 9.97 Å². The van der Waals surface area contributed by atoms with Crippen LogP contribution in [0.5, 0.6) is 0 Å². The fourth-order valence-corrected chi connectivity index (χ4v) is 6.77. The number of nitrogens with one attached hydrogen (secondary N) is 4. The van der Waals surface area contributed by atoms with Gasteiger partial charge in [0, 0.05) is 42.2 Å². The number of imidazole rings is 1. The number of thiophene rings is 1. The number of rotatable bonds is 5. The molecule has 42 heavy (non-hydrogen) atoms. The number of hydrogen-bond acceptors (Lipinski definition) is 8. The van der Waals surface area contributed by atoms with Crippen molar-refractivity contribution in [2.45, 2.75) is 44.8 Å². The van der Waals surface area contributed by atoms with E-state index in [9.17, 15) is 9.18 Å². The highest BCUT2D eigenvalue weighted by Crippen LogP contribution is 2.39. The third kappa shape index (κ3) is 4.54. The van der Waals surface area contributed by atoms with Crippen molar-refractivity contribution in [1.82, 2.24) is 35.6 Å². The molecule has 1 atom stereocenters. The molecule has 2 fully saturated rings. The van der Waals surface area contributed by atoms with Crippen LogP contribution in [-0.4, -0.2) is 37.0 Å². The van der Waals surface area contributed by atoms with E-state index in [1.807, 2.05) is 18.3 Å². The summed E-state index contributed by atoms with van der Waals surface area (Å²) in [5, 5.41) is 9.76. The third-order valence-corrected chi connectivity index (χ3v) is 9.13. The Morgan fingerprint density at radius 1 is 1.05 bits per heavy atom. The molecule has 1 amide bonds. The first-order chi connectivity index (χ1) is 20.6. The third-order valence-electron chi connectivity index (χ3n) is 8.25. The zero-order valence-electron chi connectivity index (χ0n) is 22.6. The Morgan fingerprint density at radius 3 is 2.81 bits per heavy atom. The summed E-state index contributed by atoms with van der Waals surface area (Å²) in [6.45, 7) is 0.643. The summed E-state index contributed by atoms with van der Waals surface area (Å²) in [5.74, 6) is 0.832. The van der Waals surface area contributed by atoms with Gasteiger partial charge < -0.3 is 15.6 Å². The molecule has 5 aromatic rings. The zero-order valence-corrected chi connectivity index (χ0v) is 23.4. The molecular formula is C31H27FN8OS. The Morgan fingerprint density at radius 2 is 1.95 bits per heavy atom. The first-order valence-electron chi connectivity index (χ1n) is 14.2. The van der Waals surface area contributed by atoms with Crippen LogP contribution in [0, 0.1) is 11.0 Å². The van der Waals surface area contributed by atoms with Crippen LogP contribution in [0.4, 0.5) is 10.1 Å². The van der Waals surface area contributed by atoms with Gasteiger partial charge in [0.2, 0.25) is 5.91 Å². The Labute approximate surface area is 244 Å². The Balaban J connectivity index is 1.17. The fraction of sp³-hybridized carbons (Fsp3) is 0.258. The number of nitrogens with zero attached hydrogens (tertiary/aromatic N) is 4. The summed E-state index contributed by atoms with van der Waals surface area (Å²) in [5.41, 5.74) is 8.46. The summed E-state index contributed by atoms with van der Waals surface area (Å²) >= 11 is 1.06. The molecule has 1 aliphatic carbocycles. The summed E-state index contributed by atoms with van der Waals surface area (Å²) < 4.78 is 13.8. The highest BCUT2D eigenvalue weighted by Gasteiger charge is 2.37. The molecule has 0 aromatic carbocycles. The second kappa shape index (κ2) is 10.1. The molecule has 0 bridgehead atoms. The highest BCUT2D eigenvalue weighted by atomic mass is 32.1. The molecular weight excluding hydrogens is 551 g/mol. The van der Waals surface area contributed by atoms with Gasteiger partial charge in [-0.25, -0.2) is 4.98 Å². The average molecular weight is 579 g/mol. The number of aromatic nitrogens is 5. The molecule has 1 saturated heterocycles. The normalized spacial score (nSPS) is 18.3. The van der Waals surface area contributed by atoms with Crippen molar-refractivity contribution in [3.05, 3.63) is 82.9 Å². The molecule has 7 heterocycles. The van der Waals surface area contributed by atoms with Crippen LogP contribution in [0.2, 0.25) is 0 Å². The van der Waals surface area contributed by atoms with Gasteiger partial charge >= 0.3 is 0 Å². The quantitative estimate of drug-likeness (QED) is 0.200. The number of aromatic amines is 1. The van der Waals surface area contributed by atoms with Crippen LogP contribution in [0.15, 0.2) is 60.8 Å². The standard InChI is InChI=1S/C31H27FN8OS/c32-24-7-6-23(42-24)27-26-21(8-9-34-27)38-29(39-26)25-20-11-22(35-13-18(20)14-36-30-28(25)40-30)17-10-19(15-33-12-17)37-31(41)16-4-2-1-3-5-16/h6-13,15-16,30,36,40H,1-5,14H2,(H,37,41)(H,38,39). The number of carbonyl (C=O) groups excluding carboxylic acids is 1. The van der Waals surface area contributed by atoms with Gasteiger partial charge in [-0.2, -0.15) is 4.39 Å². The Kier molecular flexibility index (Phi) is 6.08. The van der Waals surface area contributed by atoms with E-state index >= 15 is 0 Å². The minimum Gasteiger partial charge on any atom is -0.365 e. The molecule has 2 aliphatic heterocycles. The number of pyridine rings is 3. The molecule has 1 saturated carbocycles. The van der Waals surface area contributed by atoms with Gasteiger partial charge in [-0.15, -0.1) is 11.3 Å². The number of hydrogen-bond donors (Lipinski definition) is 4. The Hall–Kier alpha value is -4.48. The molecule has 0 radical (unpaired) electrons. The number of carbonyl (C=O) groups is 1. The van der Waals surface area contributed by atoms with Gasteiger partial charge in [0.15, 0.2) is 5.13 Å². The molecule has 9 nitrogen and oxygen atoms in total. The van der Waals surface area contributed by atoms with E-state index in [0.717, 1.165) is 81.1 Å². The molecule has 4 N–H and O–H groups in total. The van der Waals surface area contributed by atoms with Crippen LogP contribution < -0.4 is 16.0 Å². The van der Waals surface area contributed by atoms with Crippen molar-refractivity contribution in [3.8, 4) is 21.8 Å². The SMILES string of the molecule is O=C(Nc1cncc(-c2cc3c(cn2)CNC2NC2=C3c2nc3c(-c4ccc(F)s4)nccc3[nH]2)c1)C1CCCCC1. The van der Waals surface area contributed by atoms with E-state index in [1.165, 1.54) is 12.5 Å². The van der Waals surface area contributed by atoms with Gasteiger partial charge in [-0.05, 0) is 54.3 Å². The lowest BCUT2D eigenvalue weighted by molar-refractivity contribution is -0.120. The van der Waals surface area contributed by atoms with Crippen molar-refractivity contribution >= 4 is 39.5 Å². The van der Waals surface area contributed by atoms with Crippen LogP contribution in [0.25, 0.3) is 38.4 Å². The number of amides is 1. The Bertz CT molecular complexity index is 1890. The van der Waals surface area contributed by atoms with Gasteiger partial charge in [-0.3, -0.25) is 25.1 Å². The molecule has 8 rings (SSSR count). The predicted octanol–water partition coefficient (Wildman–Crippen LogP) is 5.59. The maximum atomic E-state index is 13.8. The summed E-state index contributed by atoms with van der Waals surface area (Å²) in [6.07, 6.45) is 12.4. The van der Waals surface area contributed by atoms with Crippen LogP contribution in [0.3, 0.4) is 0 Å².